The third-order valence-electron chi connectivity index (χ3n) is 5.38. The highest BCUT2D eigenvalue weighted by atomic mass is 19.1. The molecule has 0 aliphatic heterocycles. The monoisotopic (exact) mass is 503 g/mol. The number of nitrogens with two attached hydrogens (primary N) is 2. The van der Waals surface area contributed by atoms with Crippen molar-refractivity contribution in [3.05, 3.63) is 83.4 Å². The molecular weight excluding hydrogens is 480 g/mol. The maximum Gasteiger partial charge on any atom is 0.251 e. The molecule has 0 radical (unpaired) electrons. The SMILES string of the molecule is CC(C)NC(=O)c1ccc(F)c(-c2nc(C(=O)Cc3cnccc3-c3ccnc(N)n3)c(N)cc2F)c1. The van der Waals surface area contributed by atoms with Gasteiger partial charge in [-0.1, -0.05) is 0 Å². The lowest BCUT2D eigenvalue weighted by Gasteiger charge is -2.13. The summed E-state index contributed by atoms with van der Waals surface area (Å²) in [6.07, 6.45) is 4.31. The zero-order valence-electron chi connectivity index (χ0n) is 20.0. The van der Waals surface area contributed by atoms with Crippen LogP contribution < -0.4 is 16.8 Å². The summed E-state index contributed by atoms with van der Waals surface area (Å²) in [5.74, 6) is -2.70. The number of ketones is 1. The summed E-state index contributed by atoms with van der Waals surface area (Å²) < 4.78 is 29.6. The van der Waals surface area contributed by atoms with E-state index in [9.17, 15) is 18.4 Å². The highest BCUT2D eigenvalue weighted by Gasteiger charge is 2.22. The van der Waals surface area contributed by atoms with Gasteiger partial charge in [0.2, 0.25) is 5.95 Å². The molecule has 3 aromatic heterocycles. The molecule has 5 N–H and O–H groups in total. The first-order valence-electron chi connectivity index (χ1n) is 11.3. The minimum atomic E-state index is -0.937. The molecule has 0 aliphatic carbocycles. The van der Waals surface area contributed by atoms with Gasteiger partial charge >= 0.3 is 0 Å². The number of nitrogens with zero attached hydrogens (tertiary/aromatic N) is 4. The molecule has 4 aromatic rings. The molecule has 11 heteroatoms. The maximum absolute atomic E-state index is 14.9. The number of rotatable bonds is 7. The number of hydrogen-bond acceptors (Lipinski definition) is 8. The molecule has 0 aliphatic rings. The third kappa shape index (κ3) is 5.56. The van der Waals surface area contributed by atoms with Gasteiger partial charge in [0.15, 0.2) is 11.6 Å². The number of anilines is 2. The van der Waals surface area contributed by atoms with Gasteiger partial charge in [0, 0.05) is 53.8 Å². The second-order valence-corrected chi connectivity index (χ2v) is 8.51. The van der Waals surface area contributed by atoms with Crippen LogP contribution in [0.4, 0.5) is 20.4 Å². The predicted octanol–water partition coefficient (Wildman–Crippen LogP) is 3.61. The third-order valence-corrected chi connectivity index (χ3v) is 5.38. The Balaban J connectivity index is 1.71. The Morgan fingerprint density at radius 2 is 1.76 bits per heavy atom. The summed E-state index contributed by atoms with van der Waals surface area (Å²) in [4.78, 5) is 41.9. The van der Waals surface area contributed by atoms with Crippen molar-refractivity contribution in [1.82, 2.24) is 25.3 Å². The van der Waals surface area contributed by atoms with Crippen LogP contribution in [0.1, 0.15) is 40.3 Å². The van der Waals surface area contributed by atoms with Crippen molar-refractivity contribution in [3.8, 4) is 22.5 Å². The summed E-state index contributed by atoms with van der Waals surface area (Å²) >= 11 is 0. The van der Waals surface area contributed by atoms with Gasteiger partial charge in [-0.3, -0.25) is 14.6 Å². The fourth-order valence-electron chi connectivity index (χ4n) is 3.71. The Kier molecular flexibility index (Phi) is 7.14. The van der Waals surface area contributed by atoms with Crippen LogP contribution in [0.2, 0.25) is 0 Å². The van der Waals surface area contributed by atoms with Crippen molar-refractivity contribution in [1.29, 1.82) is 0 Å². The molecule has 3 heterocycles. The number of carbonyl (C=O) groups excluding carboxylic acids is 2. The van der Waals surface area contributed by atoms with Crippen molar-refractivity contribution < 1.29 is 18.4 Å². The molecule has 0 bridgehead atoms. The van der Waals surface area contributed by atoms with Gasteiger partial charge in [0.1, 0.15) is 17.2 Å². The normalized spacial score (nSPS) is 10.9. The first-order valence-corrected chi connectivity index (χ1v) is 11.3. The number of aromatic nitrogens is 4. The van der Waals surface area contributed by atoms with E-state index in [1.807, 2.05) is 0 Å². The van der Waals surface area contributed by atoms with E-state index >= 15 is 0 Å². The van der Waals surface area contributed by atoms with Crippen molar-refractivity contribution in [3.63, 3.8) is 0 Å². The fourth-order valence-corrected chi connectivity index (χ4v) is 3.71. The Labute approximate surface area is 211 Å². The topological polar surface area (TPSA) is 150 Å². The van der Waals surface area contributed by atoms with Crippen LogP contribution in [0.5, 0.6) is 0 Å². The van der Waals surface area contributed by atoms with E-state index in [4.69, 9.17) is 11.5 Å². The van der Waals surface area contributed by atoms with Gasteiger partial charge in [-0.25, -0.2) is 23.7 Å². The van der Waals surface area contributed by atoms with Crippen LogP contribution in [0.3, 0.4) is 0 Å². The van der Waals surface area contributed by atoms with Gasteiger partial charge < -0.3 is 16.8 Å². The quantitative estimate of drug-likeness (QED) is 0.324. The standard InChI is InChI=1S/C26H23F2N7O2/c1-13(2)33-25(37)14-3-4-18(27)17(9-14)23-19(28)11-20(29)24(35-23)22(36)10-15-12-31-7-5-16(15)21-6-8-32-26(30)34-21/h3-9,11-13H,10,29H2,1-2H3,(H,33,37)(H2,30,32,34). The Morgan fingerprint density at radius 3 is 2.49 bits per heavy atom. The maximum atomic E-state index is 14.9. The summed E-state index contributed by atoms with van der Waals surface area (Å²) in [7, 11) is 0. The number of hydrogen-bond donors (Lipinski definition) is 3. The molecule has 0 saturated heterocycles. The number of benzene rings is 1. The smallest absolute Gasteiger partial charge is 0.251 e. The summed E-state index contributed by atoms with van der Waals surface area (Å²) in [6.45, 7) is 3.55. The molecule has 0 spiro atoms. The van der Waals surface area contributed by atoms with Crippen LogP contribution in [-0.4, -0.2) is 37.7 Å². The van der Waals surface area contributed by atoms with Crippen LogP contribution in [0, 0.1) is 11.6 Å². The number of pyridine rings is 2. The second-order valence-electron chi connectivity index (χ2n) is 8.51. The molecule has 0 atom stereocenters. The number of nitrogen functional groups attached to an aromatic ring is 2. The molecular formula is C26H23F2N7O2. The molecule has 0 unspecified atom stereocenters. The largest absolute Gasteiger partial charge is 0.397 e. The number of halogens is 2. The van der Waals surface area contributed by atoms with E-state index in [0.717, 1.165) is 12.1 Å². The van der Waals surface area contributed by atoms with E-state index in [0.29, 0.717) is 16.8 Å². The summed E-state index contributed by atoms with van der Waals surface area (Å²) in [6, 6.07) is 7.55. The van der Waals surface area contributed by atoms with E-state index in [1.165, 1.54) is 30.7 Å². The highest BCUT2D eigenvalue weighted by molar-refractivity contribution is 6.01. The van der Waals surface area contributed by atoms with E-state index in [2.05, 4.69) is 25.3 Å². The van der Waals surface area contributed by atoms with Crippen LogP contribution in [0.25, 0.3) is 22.5 Å². The first kappa shape index (κ1) is 25.3. The molecule has 1 amide bonds. The zero-order chi connectivity index (χ0) is 26.7. The second kappa shape index (κ2) is 10.4. The van der Waals surface area contributed by atoms with Gasteiger partial charge in [0.25, 0.3) is 5.91 Å². The van der Waals surface area contributed by atoms with Gasteiger partial charge in [-0.15, -0.1) is 0 Å². The molecule has 1 aromatic carbocycles. The number of Topliss-reactive ketones (excluding diaryl/α,β-unsaturated/α-hetero) is 1. The fraction of sp³-hybridized carbons (Fsp3) is 0.154. The minimum Gasteiger partial charge on any atom is -0.397 e. The van der Waals surface area contributed by atoms with E-state index in [1.54, 1.807) is 26.0 Å². The first-order chi connectivity index (χ1) is 17.6. The lowest BCUT2D eigenvalue weighted by molar-refractivity contribution is 0.0941. The van der Waals surface area contributed by atoms with Crippen LogP contribution >= 0.6 is 0 Å². The molecule has 37 heavy (non-hydrogen) atoms. The highest BCUT2D eigenvalue weighted by Crippen LogP contribution is 2.29. The summed E-state index contributed by atoms with van der Waals surface area (Å²) in [5, 5.41) is 2.69. The van der Waals surface area contributed by atoms with Gasteiger partial charge in [-0.05, 0) is 49.7 Å². The number of carbonyl (C=O) groups is 2. The average Bonchev–Trinajstić information content (AvgIpc) is 2.84. The van der Waals surface area contributed by atoms with Crippen molar-refractivity contribution >= 4 is 23.3 Å². The molecule has 188 valence electrons. The van der Waals surface area contributed by atoms with Gasteiger partial charge in [0.05, 0.1) is 11.4 Å². The van der Waals surface area contributed by atoms with Crippen molar-refractivity contribution in [2.75, 3.05) is 11.5 Å². The number of nitrogens with one attached hydrogen (secondary N) is 1. The minimum absolute atomic E-state index is 0.0620. The Hall–Kier alpha value is -4.80. The Bertz CT molecular complexity index is 1510. The van der Waals surface area contributed by atoms with E-state index < -0.39 is 29.0 Å². The number of amides is 1. The average molecular weight is 504 g/mol. The summed E-state index contributed by atoms with van der Waals surface area (Å²) in [5.41, 5.74) is 12.1. The van der Waals surface area contributed by atoms with Crippen molar-refractivity contribution in [2.45, 2.75) is 26.3 Å². The molecule has 0 fully saturated rings. The Morgan fingerprint density at radius 1 is 0.973 bits per heavy atom. The predicted molar refractivity (Wildman–Crippen MR) is 134 cm³/mol. The zero-order valence-corrected chi connectivity index (χ0v) is 20.0. The van der Waals surface area contributed by atoms with E-state index in [-0.39, 0.29) is 40.9 Å². The van der Waals surface area contributed by atoms with Crippen LogP contribution in [0.15, 0.2) is 55.0 Å². The molecule has 0 saturated carbocycles. The molecule has 4 rings (SSSR count). The molecule has 9 nitrogen and oxygen atoms in total. The van der Waals surface area contributed by atoms with Gasteiger partial charge in [-0.2, -0.15) is 0 Å². The van der Waals surface area contributed by atoms with Crippen molar-refractivity contribution in [2.24, 2.45) is 0 Å². The van der Waals surface area contributed by atoms with Crippen LogP contribution in [-0.2, 0) is 6.42 Å². The lowest BCUT2D eigenvalue weighted by Crippen LogP contribution is -2.30. The lowest BCUT2D eigenvalue weighted by atomic mass is 9.99.